The second kappa shape index (κ2) is 4.00. The molecule has 2 rings (SSSR count). The Morgan fingerprint density at radius 1 is 1.00 bits per heavy atom. The highest BCUT2D eigenvalue weighted by atomic mass is 15.2. The summed E-state index contributed by atoms with van der Waals surface area (Å²) in [4.78, 5) is 2.77. The van der Waals surface area contributed by atoms with Crippen molar-refractivity contribution in [2.24, 2.45) is 11.8 Å². The molecule has 1 heterocycles. The Kier molecular flexibility index (Phi) is 2.92. The quantitative estimate of drug-likeness (QED) is 0.647. The maximum Gasteiger partial charge on any atom is 0.0146 e. The molecular formula is C12H23N. The van der Waals surface area contributed by atoms with E-state index >= 15 is 0 Å². The fraction of sp³-hybridized carbons (Fsp3) is 1.00. The molecule has 0 aromatic rings. The van der Waals surface area contributed by atoms with Crippen molar-refractivity contribution in [3.63, 3.8) is 0 Å². The number of hydrogen-bond acceptors (Lipinski definition) is 1. The Balaban J connectivity index is 1.92. The van der Waals surface area contributed by atoms with E-state index in [1.165, 1.54) is 45.2 Å². The monoisotopic (exact) mass is 181 g/mol. The molecule has 0 bridgehead atoms. The Morgan fingerprint density at radius 3 is 2.08 bits per heavy atom. The maximum absolute atomic E-state index is 2.77. The first-order valence-corrected chi connectivity index (χ1v) is 6.03. The molecule has 2 fully saturated rings. The summed E-state index contributed by atoms with van der Waals surface area (Å²) in [7, 11) is 0. The van der Waals surface area contributed by atoms with Gasteiger partial charge in [0.2, 0.25) is 0 Å². The van der Waals surface area contributed by atoms with Crippen molar-refractivity contribution in [3.8, 4) is 0 Å². The Hall–Kier alpha value is -0.0400. The maximum atomic E-state index is 2.77. The highest BCUT2D eigenvalue weighted by Gasteiger charge is 2.37. The third-order valence-electron chi connectivity index (χ3n) is 3.60. The molecule has 0 spiro atoms. The van der Waals surface area contributed by atoms with Gasteiger partial charge in [-0.3, -0.25) is 4.90 Å². The first-order chi connectivity index (χ1) is 6.29. The van der Waals surface area contributed by atoms with Gasteiger partial charge in [0.15, 0.2) is 0 Å². The van der Waals surface area contributed by atoms with Crippen LogP contribution < -0.4 is 0 Å². The molecule has 1 nitrogen and oxygen atoms in total. The zero-order valence-electron chi connectivity index (χ0n) is 9.13. The molecule has 0 N–H and O–H groups in total. The lowest BCUT2D eigenvalue weighted by Gasteiger charge is -2.37. The summed E-state index contributed by atoms with van der Waals surface area (Å²) in [5, 5.41) is 0. The molecule has 76 valence electrons. The van der Waals surface area contributed by atoms with Crippen LogP contribution >= 0.6 is 0 Å². The smallest absolute Gasteiger partial charge is 0.0146 e. The van der Waals surface area contributed by atoms with Gasteiger partial charge in [-0.1, -0.05) is 20.3 Å². The zero-order valence-corrected chi connectivity index (χ0v) is 9.13. The van der Waals surface area contributed by atoms with Crippen LogP contribution in [-0.4, -0.2) is 24.0 Å². The molecular weight excluding hydrogens is 158 g/mol. The molecule has 0 aromatic heterocycles. The van der Waals surface area contributed by atoms with Crippen LogP contribution in [-0.2, 0) is 0 Å². The normalized spacial score (nSPS) is 27.9. The Morgan fingerprint density at radius 2 is 1.62 bits per heavy atom. The van der Waals surface area contributed by atoms with Crippen molar-refractivity contribution < 1.29 is 0 Å². The van der Waals surface area contributed by atoms with Gasteiger partial charge in [0.25, 0.3) is 0 Å². The average Bonchev–Trinajstić information content (AvgIpc) is 2.90. The molecule has 1 saturated heterocycles. The molecule has 1 atom stereocenters. The van der Waals surface area contributed by atoms with E-state index in [9.17, 15) is 0 Å². The number of nitrogens with zero attached hydrogens (tertiary/aromatic N) is 1. The van der Waals surface area contributed by atoms with Crippen LogP contribution in [0.4, 0.5) is 0 Å². The predicted molar refractivity (Wildman–Crippen MR) is 56.8 cm³/mol. The minimum absolute atomic E-state index is 0.866. The summed E-state index contributed by atoms with van der Waals surface area (Å²) in [6, 6.07) is 0.917. The van der Waals surface area contributed by atoms with Gasteiger partial charge >= 0.3 is 0 Å². The third-order valence-corrected chi connectivity index (χ3v) is 3.60. The minimum Gasteiger partial charge on any atom is -0.300 e. The molecule has 1 saturated carbocycles. The second-order valence-electron chi connectivity index (χ2n) is 5.17. The van der Waals surface area contributed by atoms with E-state index in [2.05, 4.69) is 18.7 Å². The number of rotatable bonds is 3. The highest BCUT2D eigenvalue weighted by Crippen LogP contribution is 2.39. The Bertz CT molecular complexity index is 153. The van der Waals surface area contributed by atoms with E-state index in [1.54, 1.807) is 0 Å². The lowest BCUT2D eigenvalue weighted by atomic mass is 9.95. The van der Waals surface area contributed by atoms with E-state index in [0.717, 1.165) is 17.9 Å². The summed E-state index contributed by atoms with van der Waals surface area (Å²) in [6.07, 6.45) is 7.34. The largest absolute Gasteiger partial charge is 0.300 e. The van der Waals surface area contributed by atoms with Crippen LogP contribution in [0, 0.1) is 11.8 Å². The van der Waals surface area contributed by atoms with Gasteiger partial charge in [-0.25, -0.2) is 0 Å². The van der Waals surface area contributed by atoms with Crippen molar-refractivity contribution in [2.45, 2.75) is 52.0 Å². The topological polar surface area (TPSA) is 3.24 Å². The van der Waals surface area contributed by atoms with Crippen molar-refractivity contribution in [1.82, 2.24) is 4.90 Å². The van der Waals surface area contributed by atoms with E-state index in [1.807, 2.05) is 0 Å². The van der Waals surface area contributed by atoms with E-state index in [-0.39, 0.29) is 0 Å². The van der Waals surface area contributed by atoms with Crippen molar-refractivity contribution >= 4 is 0 Å². The van der Waals surface area contributed by atoms with E-state index in [0.29, 0.717) is 0 Å². The average molecular weight is 181 g/mol. The minimum atomic E-state index is 0.866. The third kappa shape index (κ3) is 2.25. The molecule has 1 aliphatic carbocycles. The first kappa shape index (κ1) is 9.51. The van der Waals surface area contributed by atoms with Gasteiger partial charge in [-0.05, 0) is 50.6 Å². The van der Waals surface area contributed by atoms with Gasteiger partial charge in [0.1, 0.15) is 0 Å². The summed E-state index contributed by atoms with van der Waals surface area (Å²) < 4.78 is 0. The lowest BCUT2D eigenvalue weighted by molar-refractivity contribution is 0.111. The van der Waals surface area contributed by atoms with E-state index in [4.69, 9.17) is 0 Å². The standard InChI is InChI=1S/C12H23N/c1-10(2)12(11-6-7-11)13-8-4-3-5-9-13/h10-12H,3-9H2,1-2H3. The molecule has 1 heteroatoms. The molecule has 1 aliphatic heterocycles. The summed E-state index contributed by atoms with van der Waals surface area (Å²) in [5.74, 6) is 1.92. The zero-order chi connectivity index (χ0) is 9.26. The van der Waals surface area contributed by atoms with Crippen molar-refractivity contribution in [1.29, 1.82) is 0 Å². The molecule has 2 aliphatic rings. The summed E-state index contributed by atoms with van der Waals surface area (Å²) in [5.41, 5.74) is 0. The summed E-state index contributed by atoms with van der Waals surface area (Å²) >= 11 is 0. The fourth-order valence-electron chi connectivity index (χ4n) is 2.92. The van der Waals surface area contributed by atoms with Crippen LogP contribution in [0.5, 0.6) is 0 Å². The molecule has 0 radical (unpaired) electrons. The van der Waals surface area contributed by atoms with Gasteiger partial charge in [0.05, 0.1) is 0 Å². The van der Waals surface area contributed by atoms with Gasteiger partial charge in [0, 0.05) is 6.04 Å². The number of likely N-dealkylation sites (tertiary alicyclic amines) is 1. The molecule has 1 unspecified atom stereocenters. The first-order valence-electron chi connectivity index (χ1n) is 6.03. The van der Waals surface area contributed by atoms with E-state index < -0.39 is 0 Å². The van der Waals surface area contributed by atoms with Gasteiger partial charge in [-0.15, -0.1) is 0 Å². The fourth-order valence-corrected chi connectivity index (χ4v) is 2.92. The predicted octanol–water partition coefficient (Wildman–Crippen LogP) is 2.91. The van der Waals surface area contributed by atoms with Gasteiger partial charge < -0.3 is 0 Å². The van der Waals surface area contributed by atoms with Crippen LogP contribution in [0.2, 0.25) is 0 Å². The van der Waals surface area contributed by atoms with Crippen LogP contribution in [0.3, 0.4) is 0 Å². The second-order valence-corrected chi connectivity index (χ2v) is 5.17. The van der Waals surface area contributed by atoms with Crippen molar-refractivity contribution in [2.75, 3.05) is 13.1 Å². The number of hydrogen-bond donors (Lipinski definition) is 0. The van der Waals surface area contributed by atoms with Crippen LogP contribution in [0.15, 0.2) is 0 Å². The van der Waals surface area contributed by atoms with Crippen LogP contribution in [0.25, 0.3) is 0 Å². The molecule has 0 aromatic carbocycles. The van der Waals surface area contributed by atoms with Crippen molar-refractivity contribution in [3.05, 3.63) is 0 Å². The highest BCUT2D eigenvalue weighted by molar-refractivity contribution is 4.90. The molecule has 13 heavy (non-hydrogen) atoms. The molecule has 0 amide bonds. The lowest BCUT2D eigenvalue weighted by Crippen LogP contribution is -2.43. The Labute approximate surface area is 82.5 Å². The summed E-state index contributed by atoms with van der Waals surface area (Å²) in [6.45, 7) is 7.55. The number of piperidine rings is 1. The van der Waals surface area contributed by atoms with Crippen LogP contribution in [0.1, 0.15) is 46.0 Å². The SMILES string of the molecule is CC(C)C(C1CC1)N1CCCCC1. The van der Waals surface area contributed by atoms with Gasteiger partial charge in [-0.2, -0.15) is 0 Å².